The molecule has 0 heterocycles. The lowest BCUT2D eigenvalue weighted by molar-refractivity contribution is -0.344. The molecule has 0 fully saturated rings. The van der Waals surface area contributed by atoms with Crippen LogP contribution in [0.2, 0.25) is 0 Å². The molecule has 0 aliphatic rings. The molecule has 0 radical (unpaired) electrons. The van der Waals surface area contributed by atoms with Crippen molar-refractivity contribution in [2.45, 2.75) is 13.5 Å². The van der Waals surface area contributed by atoms with E-state index in [1.165, 1.54) is 6.07 Å². The topological polar surface area (TPSA) is 35.5 Å². The fourth-order valence-electron chi connectivity index (χ4n) is 0.927. The van der Waals surface area contributed by atoms with Gasteiger partial charge in [-0.2, -0.15) is 8.78 Å². The van der Waals surface area contributed by atoms with E-state index in [4.69, 9.17) is 0 Å². The third-order valence-electron chi connectivity index (χ3n) is 1.56. The monoisotopic (exact) mass is 202 g/mol. The Hall–Kier alpha value is -1.49. The van der Waals surface area contributed by atoms with Crippen LogP contribution >= 0.6 is 0 Å². The number of halogens is 2. The van der Waals surface area contributed by atoms with Gasteiger partial charge in [-0.15, -0.1) is 4.89 Å². The second-order valence-electron chi connectivity index (χ2n) is 2.54. The van der Waals surface area contributed by atoms with E-state index < -0.39 is 12.6 Å². The first-order valence-electron chi connectivity index (χ1n) is 3.82. The van der Waals surface area contributed by atoms with Crippen molar-refractivity contribution in [2.75, 3.05) is 0 Å². The molecular weight excluding hydrogens is 194 g/mol. The molecule has 0 atom stereocenters. The third-order valence-corrected chi connectivity index (χ3v) is 1.56. The number of benzene rings is 1. The third kappa shape index (κ3) is 2.77. The minimum atomic E-state index is -3.12. The predicted octanol–water partition coefficient (Wildman–Crippen LogP) is 2.31. The van der Waals surface area contributed by atoms with Crippen LogP contribution in [0.5, 0.6) is 0 Å². The predicted molar refractivity (Wildman–Crippen MR) is 43.7 cm³/mol. The Labute approximate surface area is 79.2 Å². The van der Waals surface area contributed by atoms with Crippen molar-refractivity contribution >= 4 is 5.97 Å². The molecule has 76 valence electrons. The number of aryl methyl sites for hydroxylation is 1. The van der Waals surface area contributed by atoms with Gasteiger partial charge in [0, 0.05) is 0 Å². The van der Waals surface area contributed by atoms with E-state index in [1.807, 2.05) is 0 Å². The molecule has 1 rings (SSSR count). The van der Waals surface area contributed by atoms with Crippen LogP contribution in [0.25, 0.3) is 0 Å². The van der Waals surface area contributed by atoms with E-state index in [1.54, 1.807) is 25.1 Å². The molecule has 1 aromatic rings. The van der Waals surface area contributed by atoms with Gasteiger partial charge < -0.3 is 0 Å². The van der Waals surface area contributed by atoms with Gasteiger partial charge in [-0.1, -0.05) is 18.2 Å². The molecule has 3 nitrogen and oxygen atoms in total. The van der Waals surface area contributed by atoms with Crippen molar-refractivity contribution in [1.82, 2.24) is 0 Å². The van der Waals surface area contributed by atoms with Crippen LogP contribution in [-0.2, 0) is 9.78 Å². The summed E-state index contributed by atoms with van der Waals surface area (Å²) in [5, 5.41) is 0. The summed E-state index contributed by atoms with van der Waals surface area (Å²) in [5.74, 6) is -0.927. The highest BCUT2D eigenvalue weighted by Crippen LogP contribution is 2.09. The first-order valence-corrected chi connectivity index (χ1v) is 3.82. The lowest BCUT2D eigenvalue weighted by atomic mass is 10.1. The van der Waals surface area contributed by atoms with Gasteiger partial charge in [-0.05, 0) is 18.6 Å². The summed E-state index contributed by atoms with van der Waals surface area (Å²) >= 11 is 0. The fraction of sp³-hybridized carbons (Fsp3) is 0.222. The molecule has 0 spiro atoms. The minimum absolute atomic E-state index is 0.202. The molecule has 0 aliphatic heterocycles. The van der Waals surface area contributed by atoms with E-state index in [9.17, 15) is 13.6 Å². The average molecular weight is 202 g/mol. The van der Waals surface area contributed by atoms with E-state index in [-0.39, 0.29) is 5.56 Å². The van der Waals surface area contributed by atoms with Gasteiger partial charge in [0.25, 0.3) is 0 Å². The summed E-state index contributed by atoms with van der Waals surface area (Å²) in [6, 6.07) is 6.46. The number of hydrogen-bond acceptors (Lipinski definition) is 3. The van der Waals surface area contributed by atoms with E-state index in [0.29, 0.717) is 5.56 Å². The maximum atomic E-state index is 11.5. The van der Waals surface area contributed by atoms with E-state index >= 15 is 0 Å². The zero-order chi connectivity index (χ0) is 10.6. The molecular formula is C9H8F2O3. The largest absolute Gasteiger partial charge is 0.381 e. The standard InChI is InChI=1S/C9H8F2O3/c1-6-4-2-3-5-7(6)8(12)13-14-9(10)11/h2-5,9H,1H3. The van der Waals surface area contributed by atoms with Crippen molar-refractivity contribution in [3.05, 3.63) is 35.4 Å². The maximum Gasteiger partial charge on any atom is 0.381 e. The quantitative estimate of drug-likeness (QED) is 0.557. The molecule has 0 aliphatic carbocycles. The van der Waals surface area contributed by atoms with Crippen molar-refractivity contribution in [1.29, 1.82) is 0 Å². The van der Waals surface area contributed by atoms with E-state index in [2.05, 4.69) is 9.78 Å². The van der Waals surface area contributed by atoms with Crippen molar-refractivity contribution < 1.29 is 23.4 Å². The van der Waals surface area contributed by atoms with Crippen LogP contribution in [0.15, 0.2) is 24.3 Å². The summed E-state index contributed by atoms with van der Waals surface area (Å²) in [4.78, 5) is 18.4. The summed E-state index contributed by atoms with van der Waals surface area (Å²) in [7, 11) is 0. The van der Waals surface area contributed by atoms with Crippen molar-refractivity contribution in [2.24, 2.45) is 0 Å². The van der Waals surface area contributed by atoms with Gasteiger partial charge in [0.1, 0.15) is 0 Å². The minimum Gasteiger partial charge on any atom is -0.287 e. The van der Waals surface area contributed by atoms with Gasteiger partial charge in [0.05, 0.1) is 5.56 Å². The van der Waals surface area contributed by atoms with Crippen LogP contribution in [0.4, 0.5) is 8.78 Å². The number of alkyl halides is 2. The highest BCUT2D eigenvalue weighted by molar-refractivity contribution is 5.90. The molecule has 0 unspecified atom stereocenters. The van der Waals surface area contributed by atoms with Crippen LogP contribution in [0, 0.1) is 6.92 Å². The number of carbonyl (C=O) groups is 1. The molecule has 0 N–H and O–H groups in total. The maximum absolute atomic E-state index is 11.5. The van der Waals surface area contributed by atoms with Gasteiger partial charge in [-0.3, -0.25) is 4.89 Å². The average Bonchev–Trinajstić information content (AvgIpc) is 2.15. The Balaban J connectivity index is 2.65. The molecule has 0 saturated heterocycles. The summed E-state index contributed by atoms with van der Waals surface area (Å²) in [6.07, 6.45) is 0. The molecule has 5 heteroatoms. The second-order valence-corrected chi connectivity index (χ2v) is 2.54. The number of carbonyl (C=O) groups excluding carboxylic acids is 1. The smallest absolute Gasteiger partial charge is 0.287 e. The first kappa shape index (κ1) is 10.6. The number of rotatable bonds is 3. The van der Waals surface area contributed by atoms with Gasteiger partial charge in [-0.25, -0.2) is 4.79 Å². The van der Waals surface area contributed by atoms with Crippen molar-refractivity contribution in [3.8, 4) is 0 Å². The zero-order valence-electron chi connectivity index (χ0n) is 7.37. The Morgan fingerprint density at radius 3 is 2.57 bits per heavy atom. The van der Waals surface area contributed by atoms with Gasteiger partial charge >= 0.3 is 12.6 Å². The fourth-order valence-corrected chi connectivity index (χ4v) is 0.927. The lowest BCUT2D eigenvalue weighted by Crippen LogP contribution is -2.10. The van der Waals surface area contributed by atoms with E-state index in [0.717, 1.165) is 0 Å². The second kappa shape index (κ2) is 4.66. The highest BCUT2D eigenvalue weighted by Gasteiger charge is 2.13. The normalized spacial score (nSPS) is 10.3. The number of hydrogen-bond donors (Lipinski definition) is 0. The van der Waals surface area contributed by atoms with Crippen molar-refractivity contribution in [3.63, 3.8) is 0 Å². The summed E-state index contributed by atoms with van der Waals surface area (Å²) in [6.45, 7) is -1.46. The Morgan fingerprint density at radius 2 is 2.00 bits per heavy atom. The zero-order valence-corrected chi connectivity index (χ0v) is 7.37. The molecule has 1 aromatic carbocycles. The summed E-state index contributed by atoms with van der Waals surface area (Å²) in [5.41, 5.74) is 0.837. The van der Waals surface area contributed by atoms with Crippen LogP contribution in [0.3, 0.4) is 0 Å². The SMILES string of the molecule is Cc1ccccc1C(=O)OOC(F)F. The van der Waals surface area contributed by atoms with Crippen LogP contribution in [0.1, 0.15) is 15.9 Å². The molecule has 0 amide bonds. The highest BCUT2D eigenvalue weighted by atomic mass is 19.3. The van der Waals surface area contributed by atoms with Crippen LogP contribution < -0.4 is 0 Å². The molecule has 14 heavy (non-hydrogen) atoms. The van der Waals surface area contributed by atoms with Gasteiger partial charge in [0.2, 0.25) is 0 Å². The Bertz CT molecular complexity index is 326. The Morgan fingerprint density at radius 1 is 1.36 bits per heavy atom. The van der Waals surface area contributed by atoms with Crippen LogP contribution in [-0.4, -0.2) is 12.6 Å². The Kier molecular flexibility index (Phi) is 3.53. The lowest BCUT2D eigenvalue weighted by Gasteiger charge is -2.03. The summed E-state index contributed by atoms with van der Waals surface area (Å²) < 4.78 is 23.0. The molecule has 0 saturated carbocycles. The van der Waals surface area contributed by atoms with Gasteiger partial charge in [0.15, 0.2) is 0 Å². The molecule has 0 aromatic heterocycles. The molecule has 0 bridgehead atoms. The first-order chi connectivity index (χ1) is 6.61.